The summed E-state index contributed by atoms with van der Waals surface area (Å²) in [4.78, 5) is 25.6. The Morgan fingerprint density at radius 2 is 2.27 bits per heavy atom. The molecule has 1 aliphatic rings. The molecule has 0 aliphatic heterocycles. The molecule has 1 aliphatic carbocycles. The summed E-state index contributed by atoms with van der Waals surface area (Å²) in [5.74, 6) is -0.480. The first-order chi connectivity index (χ1) is 10.7. The highest BCUT2D eigenvalue weighted by Crippen LogP contribution is 2.39. The number of carbonyl (C=O) groups excluding carboxylic acids is 2. The Labute approximate surface area is 132 Å². The fourth-order valence-electron chi connectivity index (χ4n) is 2.55. The summed E-state index contributed by atoms with van der Waals surface area (Å²) in [7, 11) is 0. The van der Waals surface area contributed by atoms with E-state index in [1.54, 1.807) is 12.1 Å². The van der Waals surface area contributed by atoms with Gasteiger partial charge in [-0.25, -0.2) is 4.79 Å². The van der Waals surface area contributed by atoms with Gasteiger partial charge in [0.1, 0.15) is 5.00 Å². The van der Waals surface area contributed by atoms with Gasteiger partial charge in [-0.2, -0.15) is 0 Å². The number of esters is 1. The van der Waals surface area contributed by atoms with Crippen LogP contribution in [0.25, 0.3) is 0 Å². The molecular formula is C16H17NO4S. The van der Waals surface area contributed by atoms with Crippen molar-refractivity contribution in [3.63, 3.8) is 0 Å². The molecule has 22 heavy (non-hydrogen) atoms. The first kappa shape index (κ1) is 14.8. The molecule has 6 heteroatoms. The van der Waals surface area contributed by atoms with E-state index in [1.807, 2.05) is 6.92 Å². The van der Waals surface area contributed by atoms with E-state index in [2.05, 4.69) is 5.32 Å². The zero-order chi connectivity index (χ0) is 15.5. The van der Waals surface area contributed by atoms with Crippen molar-refractivity contribution < 1.29 is 18.7 Å². The molecule has 1 amide bonds. The molecule has 2 heterocycles. The molecule has 0 bridgehead atoms. The predicted octanol–water partition coefficient (Wildman–Crippen LogP) is 3.65. The smallest absolute Gasteiger partial charge is 0.341 e. The number of rotatable bonds is 5. The molecular weight excluding hydrogens is 302 g/mol. The van der Waals surface area contributed by atoms with E-state index >= 15 is 0 Å². The van der Waals surface area contributed by atoms with Gasteiger partial charge in [-0.3, -0.25) is 4.79 Å². The number of hydrogen-bond donors (Lipinski definition) is 1. The average Bonchev–Trinajstić information content (AvgIpc) is 3.20. The number of carbonyl (C=O) groups is 2. The molecule has 2 aromatic heterocycles. The van der Waals surface area contributed by atoms with Crippen LogP contribution in [0.2, 0.25) is 0 Å². The lowest BCUT2D eigenvalue weighted by atomic mass is 10.1. The molecule has 0 radical (unpaired) electrons. The first-order valence-electron chi connectivity index (χ1n) is 7.37. The quantitative estimate of drug-likeness (QED) is 0.854. The van der Waals surface area contributed by atoms with Crippen molar-refractivity contribution >= 4 is 28.2 Å². The normalized spacial score (nSPS) is 13.0. The number of aryl methyl sites for hydroxylation is 1. The summed E-state index contributed by atoms with van der Waals surface area (Å²) in [5.41, 5.74) is 1.55. The Kier molecular flexibility index (Phi) is 4.29. The van der Waals surface area contributed by atoms with Gasteiger partial charge in [0.15, 0.2) is 5.76 Å². The molecule has 5 nitrogen and oxygen atoms in total. The number of ether oxygens (including phenoxy) is 1. The Morgan fingerprint density at radius 3 is 3.00 bits per heavy atom. The fourth-order valence-corrected chi connectivity index (χ4v) is 3.82. The number of thiophene rings is 1. The topological polar surface area (TPSA) is 68.5 Å². The maximum atomic E-state index is 12.3. The molecule has 0 aromatic carbocycles. The molecule has 1 N–H and O–H groups in total. The van der Waals surface area contributed by atoms with Crippen molar-refractivity contribution in [2.24, 2.45) is 0 Å². The third-order valence-corrected chi connectivity index (χ3v) is 4.74. The van der Waals surface area contributed by atoms with Gasteiger partial charge in [0.05, 0.1) is 18.4 Å². The van der Waals surface area contributed by atoms with E-state index in [0.29, 0.717) is 17.2 Å². The van der Waals surface area contributed by atoms with Crippen LogP contribution < -0.4 is 5.32 Å². The van der Waals surface area contributed by atoms with Crippen molar-refractivity contribution in [3.05, 3.63) is 40.2 Å². The highest BCUT2D eigenvalue weighted by molar-refractivity contribution is 7.17. The Hall–Kier alpha value is -2.08. The minimum Gasteiger partial charge on any atom is -0.462 e. The molecule has 0 atom stereocenters. The van der Waals surface area contributed by atoms with Crippen LogP contribution >= 0.6 is 11.3 Å². The van der Waals surface area contributed by atoms with Crippen LogP contribution in [0.5, 0.6) is 0 Å². The minimum absolute atomic E-state index is 0.224. The minimum atomic E-state index is -0.352. The Morgan fingerprint density at radius 1 is 1.41 bits per heavy atom. The number of nitrogens with one attached hydrogen (secondary N) is 1. The predicted molar refractivity (Wildman–Crippen MR) is 83.6 cm³/mol. The second-order valence-corrected chi connectivity index (χ2v) is 6.23. The highest BCUT2D eigenvalue weighted by Gasteiger charge is 2.28. The van der Waals surface area contributed by atoms with Gasteiger partial charge in [0.2, 0.25) is 0 Å². The van der Waals surface area contributed by atoms with E-state index in [9.17, 15) is 9.59 Å². The van der Waals surface area contributed by atoms with Crippen LogP contribution in [0, 0.1) is 0 Å². The lowest BCUT2D eigenvalue weighted by molar-refractivity contribution is 0.0505. The molecule has 0 spiro atoms. The molecule has 0 saturated heterocycles. The van der Waals surface area contributed by atoms with Crippen molar-refractivity contribution in [1.29, 1.82) is 0 Å². The van der Waals surface area contributed by atoms with Crippen molar-refractivity contribution in [2.45, 2.75) is 32.6 Å². The summed E-state index contributed by atoms with van der Waals surface area (Å²) in [5, 5.41) is 3.35. The van der Waals surface area contributed by atoms with Gasteiger partial charge in [0, 0.05) is 4.88 Å². The molecule has 0 saturated carbocycles. The summed E-state index contributed by atoms with van der Waals surface area (Å²) < 4.78 is 10.4. The third kappa shape index (κ3) is 2.78. The molecule has 3 rings (SSSR count). The van der Waals surface area contributed by atoms with E-state index in [4.69, 9.17) is 9.15 Å². The van der Waals surface area contributed by atoms with Crippen LogP contribution in [0.1, 0.15) is 51.1 Å². The summed E-state index contributed by atoms with van der Waals surface area (Å²) in [6, 6.07) is 3.24. The average molecular weight is 319 g/mol. The Bertz CT molecular complexity index is 687. The van der Waals surface area contributed by atoms with Crippen LogP contribution in [-0.2, 0) is 17.6 Å². The third-order valence-electron chi connectivity index (χ3n) is 3.53. The first-order valence-corrected chi connectivity index (χ1v) is 8.19. The van der Waals surface area contributed by atoms with E-state index in [1.165, 1.54) is 17.6 Å². The van der Waals surface area contributed by atoms with E-state index < -0.39 is 0 Å². The number of hydrogen-bond acceptors (Lipinski definition) is 5. The zero-order valence-corrected chi connectivity index (χ0v) is 13.1. The van der Waals surface area contributed by atoms with Crippen LogP contribution in [-0.4, -0.2) is 18.5 Å². The highest BCUT2D eigenvalue weighted by atomic mass is 32.1. The number of fused-ring (bicyclic) bond motifs is 1. The Balaban J connectivity index is 1.87. The number of anilines is 1. The molecule has 116 valence electrons. The van der Waals surface area contributed by atoms with Gasteiger partial charge in [-0.1, -0.05) is 6.92 Å². The zero-order valence-electron chi connectivity index (χ0n) is 12.3. The van der Waals surface area contributed by atoms with Crippen LogP contribution in [0.4, 0.5) is 5.00 Å². The standard InChI is InChI=1S/C16H17NO4S/c1-2-8-21-16(19)13-10-5-3-7-12(10)22-15(13)17-14(18)11-6-4-9-20-11/h4,6,9H,2-3,5,7-8H2,1H3,(H,17,18). The lowest BCUT2D eigenvalue weighted by Gasteiger charge is -2.07. The van der Waals surface area contributed by atoms with Crippen molar-refractivity contribution in [3.8, 4) is 0 Å². The van der Waals surface area contributed by atoms with E-state index in [-0.39, 0.29) is 17.6 Å². The SMILES string of the molecule is CCCOC(=O)c1c(NC(=O)c2ccco2)sc2c1CCC2. The largest absolute Gasteiger partial charge is 0.462 e. The maximum Gasteiger partial charge on any atom is 0.341 e. The van der Waals surface area contributed by atoms with Crippen LogP contribution in [0.3, 0.4) is 0 Å². The second-order valence-electron chi connectivity index (χ2n) is 5.13. The van der Waals surface area contributed by atoms with E-state index in [0.717, 1.165) is 36.1 Å². The van der Waals surface area contributed by atoms with Gasteiger partial charge < -0.3 is 14.5 Å². The van der Waals surface area contributed by atoms with Gasteiger partial charge in [-0.05, 0) is 43.4 Å². The molecule has 2 aromatic rings. The molecule has 0 fully saturated rings. The van der Waals surface area contributed by atoms with Crippen molar-refractivity contribution in [2.75, 3.05) is 11.9 Å². The van der Waals surface area contributed by atoms with Crippen molar-refractivity contribution in [1.82, 2.24) is 0 Å². The summed E-state index contributed by atoms with van der Waals surface area (Å²) in [6.07, 6.45) is 5.07. The van der Waals surface area contributed by atoms with Gasteiger partial charge in [0.25, 0.3) is 5.91 Å². The monoisotopic (exact) mass is 319 g/mol. The second kappa shape index (κ2) is 6.36. The number of amides is 1. The van der Waals surface area contributed by atoms with Gasteiger partial charge >= 0.3 is 5.97 Å². The summed E-state index contributed by atoms with van der Waals surface area (Å²) >= 11 is 1.46. The fraction of sp³-hybridized carbons (Fsp3) is 0.375. The van der Waals surface area contributed by atoms with Gasteiger partial charge in [-0.15, -0.1) is 11.3 Å². The van der Waals surface area contributed by atoms with Crippen LogP contribution in [0.15, 0.2) is 22.8 Å². The summed E-state index contributed by atoms with van der Waals surface area (Å²) in [6.45, 7) is 2.33. The molecule has 0 unspecified atom stereocenters. The maximum absolute atomic E-state index is 12.3. The lowest BCUT2D eigenvalue weighted by Crippen LogP contribution is -2.15. The number of furan rings is 1.